The van der Waals surface area contributed by atoms with Gasteiger partial charge >= 0.3 is 6.09 Å². The molecule has 0 radical (unpaired) electrons. The van der Waals surface area contributed by atoms with Crippen LogP contribution < -0.4 is 5.32 Å². The Morgan fingerprint density at radius 3 is 2.54 bits per heavy atom. The lowest BCUT2D eigenvalue weighted by Crippen LogP contribution is -2.38. The second-order valence-corrected chi connectivity index (χ2v) is 2.93. The van der Waals surface area contributed by atoms with Crippen molar-refractivity contribution in [3.05, 3.63) is 0 Å². The van der Waals surface area contributed by atoms with Crippen LogP contribution in [0.3, 0.4) is 0 Å². The zero-order chi connectivity index (χ0) is 9.68. The van der Waals surface area contributed by atoms with Crippen molar-refractivity contribution in [2.24, 2.45) is 0 Å². The number of nitrogens with one attached hydrogen (secondary N) is 1. The highest BCUT2D eigenvalue weighted by atomic mass is 16.5. The smallest absolute Gasteiger partial charge is 0.407 e. The maximum absolute atomic E-state index is 11.3. The molecule has 0 bridgehead atoms. The second kappa shape index (κ2) is 4.69. The van der Waals surface area contributed by atoms with Crippen LogP contribution in [0.15, 0.2) is 0 Å². The number of hydrogen-bond donors (Lipinski definition) is 1. The van der Waals surface area contributed by atoms with Crippen molar-refractivity contribution in [3.8, 4) is 0 Å². The first-order valence-electron chi connectivity index (χ1n) is 4.33. The van der Waals surface area contributed by atoms with Gasteiger partial charge in [-0.2, -0.15) is 0 Å². The summed E-state index contributed by atoms with van der Waals surface area (Å²) in [5.41, 5.74) is 0. The molecule has 0 aromatic heterocycles. The number of nitrogens with zero attached hydrogens (tertiary/aromatic N) is 1. The van der Waals surface area contributed by atoms with Gasteiger partial charge in [0.05, 0.1) is 7.11 Å². The minimum Gasteiger partial charge on any atom is -0.453 e. The Labute approximate surface area is 77.0 Å². The van der Waals surface area contributed by atoms with Gasteiger partial charge in [0, 0.05) is 13.1 Å². The molecule has 13 heavy (non-hydrogen) atoms. The van der Waals surface area contributed by atoms with Crippen LogP contribution in [0.4, 0.5) is 4.79 Å². The predicted molar refractivity (Wildman–Crippen MR) is 46.2 cm³/mol. The van der Waals surface area contributed by atoms with Crippen LogP contribution in [-0.4, -0.2) is 43.6 Å². The number of alkyl carbamates (subject to hydrolysis) is 1. The van der Waals surface area contributed by atoms with Gasteiger partial charge in [-0.3, -0.25) is 4.79 Å². The van der Waals surface area contributed by atoms with Gasteiger partial charge in [0.2, 0.25) is 5.91 Å². The summed E-state index contributed by atoms with van der Waals surface area (Å²) in [6.45, 7) is 1.65. The lowest BCUT2D eigenvalue weighted by molar-refractivity contribution is -0.129. The van der Waals surface area contributed by atoms with Gasteiger partial charge in [0.25, 0.3) is 0 Å². The molecule has 0 aliphatic carbocycles. The number of ether oxygens (including phenoxy) is 1. The van der Waals surface area contributed by atoms with Crippen molar-refractivity contribution >= 4 is 12.0 Å². The van der Waals surface area contributed by atoms with Gasteiger partial charge < -0.3 is 15.0 Å². The summed E-state index contributed by atoms with van der Waals surface area (Å²) < 4.78 is 4.34. The van der Waals surface area contributed by atoms with E-state index in [2.05, 4.69) is 10.1 Å². The van der Waals surface area contributed by atoms with Crippen molar-refractivity contribution in [2.75, 3.05) is 26.7 Å². The van der Waals surface area contributed by atoms with E-state index in [4.69, 9.17) is 0 Å². The van der Waals surface area contributed by atoms with Crippen molar-refractivity contribution in [1.82, 2.24) is 10.2 Å². The maximum atomic E-state index is 11.3. The molecule has 1 fully saturated rings. The summed E-state index contributed by atoms with van der Waals surface area (Å²) >= 11 is 0. The van der Waals surface area contributed by atoms with Gasteiger partial charge in [0.1, 0.15) is 6.54 Å². The highest BCUT2D eigenvalue weighted by molar-refractivity contribution is 5.82. The molecule has 5 heteroatoms. The van der Waals surface area contributed by atoms with Crippen LogP contribution in [0.2, 0.25) is 0 Å². The number of methoxy groups -OCH3 is 1. The molecule has 0 unspecified atom stereocenters. The lowest BCUT2D eigenvalue weighted by Gasteiger charge is -2.14. The molecule has 1 rings (SSSR count). The molecule has 1 heterocycles. The molecule has 0 aromatic carbocycles. The van der Waals surface area contributed by atoms with Crippen molar-refractivity contribution in [2.45, 2.75) is 12.8 Å². The van der Waals surface area contributed by atoms with Crippen LogP contribution in [0.1, 0.15) is 12.8 Å². The van der Waals surface area contributed by atoms with Gasteiger partial charge in [-0.25, -0.2) is 4.79 Å². The Bertz CT molecular complexity index is 200. The highest BCUT2D eigenvalue weighted by Gasteiger charge is 2.17. The van der Waals surface area contributed by atoms with E-state index in [0.717, 1.165) is 25.9 Å². The van der Waals surface area contributed by atoms with Crippen molar-refractivity contribution in [3.63, 3.8) is 0 Å². The fraction of sp³-hybridized carbons (Fsp3) is 0.750. The van der Waals surface area contributed by atoms with E-state index in [1.807, 2.05) is 0 Å². The standard InChI is InChI=1S/C8H14N2O3/c1-13-8(12)9-6-7(11)10-4-2-3-5-10/h2-6H2,1H3,(H,9,12). The minimum atomic E-state index is -0.562. The fourth-order valence-electron chi connectivity index (χ4n) is 1.30. The molecule has 0 spiro atoms. The van der Waals surface area contributed by atoms with Crippen LogP contribution in [-0.2, 0) is 9.53 Å². The Hall–Kier alpha value is -1.26. The number of likely N-dealkylation sites (tertiary alicyclic amines) is 1. The number of carbonyl (C=O) groups excluding carboxylic acids is 2. The van der Waals surface area contributed by atoms with E-state index in [1.54, 1.807) is 4.90 Å². The third-order valence-corrected chi connectivity index (χ3v) is 2.03. The van der Waals surface area contributed by atoms with E-state index in [9.17, 15) is 9.59 Å². The molecule has 0 atom stereocenters. The van der Waals surface area contributed by atoms with Gasteiger partial charge in [-0.05, 0) is 12.8 Å². The predicted octanol–water partition coefficient (Wildman–Crippen LogP) is -0.0352. The summed E-state index contributed by atoms with van der Waals surface area (Å²) in [6.07, 6.45) is 1.56. The third-order valence-electron chi connectivity index (χ3n) is 2.03. The molecule has 2 amide bonds. The molecule has 1 aliphatic heterocycles. The average molecular weight is 186 g/mol. The fourth-order valence-corrected chi connectivity index (χ4v) is 1.30. The maximum Gasteiger partial charge on any atom is 0.407 e. The molecule has 74 valence electrons. The Balaban J connectivity index is 2.20. The topological polar surface area (TPSA) is 58.6 Å². The molecular weight excluding hydrogens is 172 g/mol. The first-order chi connectivity index (χ1) is 6.24. The molecule has 1 saturated heterocycles. The van der Waals surface area contributed by atoms with E-state index in [0.29, 0.717) is 0 Å². The molecule has 0 aromatic rings. The Morgan fingerprint density at radius 2 is 2.00 bits per heavy atom. The summed E-state index contributed by atoms with van der Waals surface area (Å²) in [5.74, 6) is -0.0390. The van der Waals surface area contributed by atoms with Crippen molar-refractivity contribution in [1.29, 1.82) is 0 Å². The van der Waals surface area contributed by atoms with Gasteiger partial charge in [-0.15, -0.1) is 0 Å². The zero-order valence-corrected chi connectivity index (χ0v) is 7.71. The first-order valence-corrected chi connectivity index (χ1v) is 4.33. The SMILES string of the molecule is COC(=O)NCC(=O)N1CCCC1. The quantitative estimate of drug-likeness (QED) is 0.658. The van der Waals surface area contributed by atoms with Gasteiger partial charge in [-0.1, -0.05) is 0 Å². The van der Waals surface area contributed by atoms with Crippen LogP contribution in [0.5, 0.6) is 0 Å². The summed E-state index contributed by atoms with van der Waals surface area (Å²) in [7, 11) is 1.27. The normalized spacial score (nSPS) is 15.6. The number of carbonyl (C=O) groups is 2. The largest absolute Gasteiger partial charge is 0.453 e. The Kier molecular flexibility index (Phi) is 3.54. The van der Waals surface area contributed by atoms with E-state index < -0.39 is 6.09 Å². The summed E-state index contributed by atoms with van der Waals surface area (Å²) in [6, 6.07) is 0. The van der Waals surface area contributed by atoms with Crippen LogP contribution in [0, 0.1) is 0 Å². The molecule has 1 N–H and O–H groups in total. The molecular formula is C8H14N2O3. The number of rotatable bonds is 2. The number of hydrogen-bond acceptors (Lipinski definition) is 3. The summed E-state index contributed by atoms with van der Waals surface area (Å²) in [5, 5.41) is 2.36. The highest BCUT2D eigenvalue weighted by Crippen LogP contribution is 2.06. The zero-order valence-electron chi connectivity index (χ0n) is 7.71. The molecule has 5 nitrogen and oxygen atoms in total. The minimum absolute atomic E-state index is 0.0344. The van der Waals surface area contributed by atoms with E-state index in [-0.39, 0.29) is 12.5 Å². The van der Waals surface area contributed by atoms with Gasteiger partial charge in [0.15, 0.2) is 0 Å². The molecule has 1 aliphatic rings. The Morgan fingerprint density at radius 1 is 1.38 bits per heavy atom. The first kappa shape index (κ1) is 9.83. The van der Waals surface area contributed by atoms with Crippen LogP contribution >= 0.6 is 0 Å². The average Bonchev–Trinajstić information content (AvgIpc) is 2.66. The number of amides is 2. The van der Waals surface area contributed by atoms with Crippen LogP contribution in [0.25, 0.3) is 0 Å². The lowest BCUT2D eigenvalue weighted by atomic mass is 10.4. The third kappa shape index (κ3) is 2.93. The summed E-state index contributed by atoms with van der Waals surface area (Å²) in [4.78, 5) is 23.7. The monoisotopic (exact) mass is 186 g/mol. The second-order valence-electron chi connectivity index (χ2n) is 2.93. The molecule has 0 saturated carbocycles. The van der Waals surface area contributed by atoms with Crippen molar-refractivity contribution < 1.29 is 14.3 Å². The van der Waals surface area contributed by atoms with E-state index in [1.165, 1.54) is 7.11 Å². The van der Waals surface area contributed by atoms with E-state index >= 15 is 0 Å².